The Labute approximate surface area is 169 Å². The maximum atomic E-state index is 12.4. The van der Waals surface area contributed by atoms with Crippen LogP contribution in [0.15, 0.2) is 48.7 Å². The molecule has 6 heteroatoms. The molecule has 4 rings (SSSR count). The number of amides is 1. The molecule has 5 nitrogen and oxygen atoms in total. The maximum absolute atomic E-state index is 12.4. The minimum absolute atomic E-state index is 0.0161. The molecule has 2 N–H and O–H groups in total. The summed E-state index contributed by atoms with van der Waals surface area (Å²) < 4.78 is 5.74. The number of carbonyl (C=O) groups excluding carboxylic acids is 1. The first-order chi connectivity index (χ1) is 13.6. The zero-order valence-corrected chi connectivity index (χ0v) is 17.1. The van der Waals surface area contributed by atoms with Gasteiger partial charge in [0.05, 0.1) is 0 Å². The van der Waals surface area contributed by atoms with Crippen LogP contribution in [-0.2, 0) is 16.0 Å². The van der Waals surface area contributed by atoms with Gasteiger partial charge in [0, 0.05) is 17.5 Å². The third-order valence-electron chi connectivity index (χ3n) is 5.07. The van der Waals surface area contributed by atoms with Crippen LogP contribution < -0.4 is 10.2 Å². The molecule has 1 unspecified atom stereocenters. The standard InChI is InChI=1S/C22H25N3O2S/c1-15-12-25(13-16(2)27-15)14-21(26)24-22-23-11-19(28-22)10-18-8-5-7-17-6-3-4-9-20(17)18/h3-9,11,15-16H,10,12-14H2,1-2H3,(H,23,24,26)/p+1/t15-,16+. The van der Waals surface area contributed by atoms with Crippen molar-refractivity contribution < 1.29 is 14.4 Å². The number of quaternary nitrogens is 1. The van der Waals surface area contributed by atoms with Crippen molar-refractivity contribution in [1.29, 1.82) is 0 Å². The normalized spacial score (nSPS) is 22.3. The Morgan fingerprint density at radius 3 is 2.75 bits per heavy atom. The number of hydrogen-bond acceptors (Lipinski definition) is 4. The van der Waals surface area contributed by atoms with Crippen LogP contribution in [0.4, 0.5) is 5.13 Å². The van der Waals surface area contributed by atoms with Gasteiger partial charge in [-0.05, 0) is 30.2 Å². The Morgan fingerprint density at radius 2 is 1.93 bits per heavy atom. The van der Waals surface area contributed by atoms with Crippen molar-refractivity contribution in [2.45, 2.75) is 32.5 Å². The van der Waals surface area contributed by atoms with Gasteiger partial charge in [0.15, 0.2) is 11.7 Å². The van der Waals surface area contributed by atoms with Crippen molar-refractivity contribution in [3.8, 4) is 0 Å². The largest absolute Gasteiger partial charge is 0.364 e. The summed E-state index contributed by atoms with van der Waals surface area (Å²) in [5.41, 5.74) is 1.28. The lowest BCUT2D eigenvalue weighted by Gasteiger charge is -2.31. The molecule has 3 atom stereocenters. The van der Waals surface area contributed by atoms with E-state index in [0.717, 1.165) is 24.4 Å². The van der Waals surface area contributed by atoms with Crippen LogP contribution in [0, 0.1) is 0 Å². The van der Waals surface area contributed by atoms with Crippen LogP contribution in [0.25, 0.3) is 10.8 Å². The highest BCUT2D eigenvalue weighted by molar-refractivity contribution is 7.15. The number of nitrogens with one attached hydrogen (secondary N) is 2. The zero-order valence-electron chi connectivity index (χ0n) is 16.3. The number of aromatic nitrogens is 1. The summed E-state index contributed by atoms with van der Waals surface area (Å²) in [4.78, 5) is 19.2. The van der Waals surface area contributed by atoms with Gasteiger partial charge in [-0.15, -0.1) is 11.3 Å². The highest BCUT2D eigenvalue weighted by Gasteiger charge is 2.27. The summed E-state index contributed by atoms with van der Waals surface area (Å²) in [7, 11) is 0. The van der Waals surface area contributed by atoms with Crippen LogP contribution in [0.2, 0.25) is 0 Å². The number of anilines is 1. The summed E-state index contributed by atoms with van der Waals surface area (Å²) >= 11 is 1.55. The summed E-state index contributed by atoms with van der Waals surface area (Å²) in [5, 5.41) is 6.16. The minimum Gasteiger partial charge on any atom is -0.364 e. The fourth-order valence-corrected chi connectivity index (χ4v) is 4.86. The second-order valence-electron chi connectivity index (χ2n) is 7.59. The fraction of sp³-hybridized carbons (Fsp3) is 0.364. The molecule has 1 amide bonds. The molecule has 1 aliphatic rings. The fourth-order valence-electron chi connectivity index (χ4n) is 4.01. The predicted octanol–water partition coefficient (Wildman–Crippen LogP) is 2.52. The van der Waals surface area contributed by atoms with E-state index in [1.165, 1.54) is 21.2 Å². The average Bonchev–Trinajstić information content (AvgIpc) is 3.08. The molecule has 0 bridgehead atoms. The lowest BCUT2D eigenvalue weighted by Crippen LogP contribution is -3.16. The number of rotatable bonds is 5. The number of benzene rings is 2. The van der Waals surface area contributed by atoms with Gasteiger partial charge in [0.25, 0.3) is 5.91 Å². The van der Waals surface area contributed by atoms with E-state index in [-0.39, 0.29) is 18.1 Å². The number of morpholine rings is 1. The van der Waals surface area contributed by atoms with Gasteiger partial charge in [0.1, 0.15) is 25.3 Å². The zero-order chi connectivity index (χ0) is 19.5. The molecule has 2 heterocycles. The van der Waals surface area contributed by atoms with Crippen molar-refractivity contribution >= 4 is 33.1 Å². The molecular weight excluding hydrogens is 370 g/mol. The molecule has 0 radical (unpaired) electrons. The Morgan fingerprint density at radius 1 is 1.18 bits per heavy atom. The Bertz CT molecular complexity index is 956. The molecular formula is C22H26N3O2S+. The number of ether oxygens (including phenoxy) is 1. The number of carbonyl (C=O) groups is 1. The Balaban J connectivity index is 1.38. The molecule has 1 aliphatic heterocycles. The van der Waals surface area contributed by atoms with E-state index in [2.05, 4.69) is 66.6 Å². The van der Waals surface area contributed by atoms with Crippen LogP contribution in [0.3, 0.4) is 0 Å². The van der Waals surface area contributed by atoms with Gasteiger partial charge in [-0.25, -0.2) is 4.98 Å². The highest BCUT2D eigenvalue weighted by atomic mass is 32.1. The number of thiazole rings is 1. The van der Waals surface area contributed by atoms with E-state index in [0.29, 0.717) is 11.7 Å². The lowest BCUT2D eigenvalue weighted by atomic mass is 10.0. The summed E-state index contributed by atoms with van der Waals surface area (Å²) in [6.45, 7) is 6.31. The Kier molecular flexibility index (Phi) is 5.71. The molecule has 3 aromatic rings. The first kappa shape index (κ1) is 19.1. The third kappa shape index (κ3) is 4.58. The molecule has 1 fully saturated rings. The molecule has 28 heavy (non-hydrogen) atoms. The van der Waals surface area contributed by atoms with Gasteiger partial charge in [-0.3, -0.25) is 10.1 Å². The third-order valence-corrected chi connectivity index (χ3v) is 5.98. The SMILES string of the molecule is C[C@@H]1C[NH+](CC(=O)Nc2ncc(Cc3cccc4ccccc34)s2)C[C@H](C)O1. The number of fused-ring (bicyclic) bond motifs is 1. The van der Waals surface area contributed by atoms with Gasteiger partial charge in [0.2, 0.25) is 0 Å². The minimum atomic E-state index is 0.0161. The van der Waals surface area contributed by atoms with E-state index in [9.17, 15) is 4.79 Å². The van der Waals surface area contributed by atoms with Crippen LogP contribution in [-0.4, -0.2) is 42.7 Å². The number of hydrogen-bond donors (Lipinski definition) is 2. The van der Waals surface area contributed by atoms with E-state index in [4.69, 9.17) is 4.74 Å². The van der Waals surface area contributed by atoms with Crippen molar-refractivity contribution in [3.05, 3.63) is 59.1 Å². The summed E-state index contributed by atoms with van der Waals surface area (Å²) in [6.07, 6.45) is 3.07. The second kappa shape index (κ2) is 8.39. The summed E-state index contributed by atoms with van der Waals surface area (Å²) in [6, 6.07) is 14.8. The monoisotopic (exact) mass is 396 g/mol. The second-order valence-corrected chi connectivity index (χ2v) is 8.70. The molecule has 2 aromatic carbocycles. The van der Waals surface area contributed by atoms with Crippen LogP contribution in [0.1, 0.15) is 24.3 Å². The van der Waals surface area contributed by atoms with Crippen molar-refractivity contribution in [1.82, 2.24) is 4.98 Å². The topological polar surface area (TPSA) is 55.7 Å². The highest BCUT2D eigenvalue weighted by Crippen LogP contribution is 2.25. The van der Waals surface area contributed by atoms with Gasteiger partial charge >= 0.3 is 0 Å². The number of nitrogens with zero attached hydrogens (tertiary/aromatic N) is 1. The first-order valence-electron chi connectivity index (χ1n) is 9.77. The van der Waals surface area contributed by atoms with Crippen molar-refractivity contribution in [2.75, 3.05) is 25.0 Å². The molecule has 0 saturated carbocycles. The van der Waals surface area contributed by atoms with E-state index in [1.807, 2.05) is 6.20 Å². The van der Waals surface area contributed by atoms with Crippen LogP contribution >= 0.6 is 11.3 Å². The summed E-state index contributed by atoms with van der Waals surface area (Å²) in [5.74, 6) is 0.0161. The van der Waals surface area contributed by atoms with Crippen molar-refractivity contribution in [3.63, 3.8) is 0 Å². The first-order valence-corrected chi connectivity index (χ1v) is 10.6. The smallest absolute Gasteiger partial charge is 0.281 e. The Hall–Kier alpha value is -2.28. The lowest BCUT2D eigenvalue weighted by molar-refractivity contribution is -0.907. The predicted molar refractivity (Wildman–Crippen MR) is 113 cm³/mol. The van der Waals surface area contributed by atoms with E-state index in [1.54, 1.807) is 11.3 Å². The van der Waals surface area contributed by atoms with Gasteiger partial charge in [-0.2, -0.15) is 0 Å². The molecule has 1 aromatic heterocycles. The van der Waals surface area contributed by atoms with Gasteiger partial charge < -0.3 is 9.64 Å². The maximum Gasteiger partial charge on any atom is 0.281 e. The average molecular weight is 397 g/mol. The van der Waals surface area contributed by atoms with Gasteiger partial charge in [-0.1, -0.05) is 42.5 Å². The van der Waals surface area contributed by atoms with E-state index >= 15 is 0 Å². The molecule has 1 saturated heterocycles. The molecule has 146 valence electrons. The quantitative estimate of drug-likeness (QED) is 0.697. The van der Waals surface area contributed by atoms with Crippen LogP contribution in [0.5, 0.6) is 0 Å². The molecule has 0 spiro atoms. The van der Waals surface area contributed by atoms with Crippen molar-refractivity contribution in [2.24, 2.45) is 0 Å². The van der Waals surface area contributed by atoms with E-state index < -0.39 is 0 Å². The molecule has 0 aliphatic carbocycles.